The Kier molecular flexibility index (Phi) is 6.61. The number of likely N-dealkylation sites (N-methyl/N-ethyl adjacent to an activating group) is 1. The second-order valence-corrected chi connectivity index (χ2v) is 6.48. The third-order valence-electron chi connectivity index (χ3n) is 4.38. The van der Waals surface area contributed by atoms with Crippen LogP contribution >= 0.6 is 0 Å². The number of carbonyl (C=O) groups is 2. The number of piperidine rings is 1. The molecule has 2 amide bonds. The highest BCUT2D eigenvalue weighted by atomic mass is 16.6. The van der Waals surface area contributed by atoms with Gasteiger partial charge in [0.1, 0.15) is 6.61 Å². The first-order valence-corrected chi connectivity index (χ1v) is 8.43. The molecule has 1 atom stereocenters. The van der Waals surface area contributed by atoms with Crippen LogP contribution in [-0.2, 0) is 16.1 Å². The summed E-state index contributed by atoms with van der Waals surface area (Å²) >= 11 is 0. The molecule has 1 aromatic carbocycles. The summed E-state index contributed by atoms with van der Waals surface area (Å²) in [5.41, 5.74) is 6.61. The molecule has 1 aliphatic heterocycles. The molecule has 0 radical (unpaired) electrons. The van der Waals surface area contributed by atoms with E-state index in [4.69, 9.17) is 10.5 Å². The lowest BCUT2D eigenvalue weighted by Crippen LogP contribution is -2.45. The van der Waals surface area contributed by atoms with E-state index in [1.54, 1.807) is 23.8 Å². The molecular weight excluding hydrogens is 306 g/mol. The molecule has 6 heteroatoms. The maximum atomic E-state index is 12.1. The summed E-state index contributed by atoms with van der Waals surface area (Å²) in [7, 11) is 1.78. The van der Waals surface area contributed by atoms with Crippen molar-refractivity contribution in [1.29, 1.82) is 0 Å². The van der Waals surface area contributed by atoms with Crippen molar-refractivity contribution in [2.24, 2.45) is 11.7 Å². The van der Waals surface area contributed by atoms with Crippen LogP contribution in [0.5, 0.6) is 0 Å². The van der Waals surface area contributed by atoms with Gasteiger partial charge >= 0.3 is 6.09 Å². The third kappa shape index (κ3) is 5.23. The van der Waals surface area contributed by atoms with Gasteiger partial charge in [0.25, 0.3) is 0 Å². The van der Waals surface area contributed by atoms with Crippen molar-refractivity contribution in [1.82, 2.24) is 9.80 Å². The van der Waals surface area contributed by atoms with Gasteiger partial charge in [-0.2, -0.15) is 0 Å². The van der Waals surface area contributed by atoms with Crippen LogP contribution in [0.3, 0.4) is 0 Å². The lowest BCUT2D eigenvalue weighted by molar-refractivity contribution is -0.131. The molecule has 1 saturated heterocycles. The van der Waals surface area contributed by atoms with Crippen LogP contribution in [0.1, 0.15) is 25.3 Å². The topological polar surface area (TPSA) is 75.9 Å². The minimum absolute atomic E-state index is 0.0419. The van der Waals surface area contributed by atoms with Gasteiger partial charge in [-0.1, -0.05) is 30.3 Å². The summed E-state index contributed by atoms with van der Waals surface area (Å²) in [6.45, 7) is 4.01. The van der Waals surface area contributed by atoms with E-state index in [1.807, 2.05) is 30.3 Å². The maximum Gasteiger partial charge on any atom is 0.410 e. The largest absolute Gasteiger partial charge is 0.445 e. The van der Waals surface area contributed by atoms with Crippen molar-refractivity contribution in [3.8, 4) is 0 Å². The first-order chi connectivity index (χ1) is 11.5. The highest BCUT2D eigenvalue weighted by Crippen LogP contribution is 2.19. The van der Waals surface area contributed by atoms with E-state index in [0.717, 1.165) is 18.4 Å². The van der Waals surface area contributed by atoms with E-state index in [-0.39, 0.29) is 12.0 Å². The molecular formula is C18H27N3O3. The fourth-order valence-electron chi connectivity index (χ4n) is 2.93. The van der Waals surface area contributed by atoms with Crippen LogP contribution in [0.2, 0.25) is 0 Å². The minimum atomic E-state index is -0.469. The smallest absolute Gasteiger partial charge is 0.410 e. The van der Waals surface area contributed by atoms with Crippen LogP contribution < -0.4 is 5.73 Å². The molecule has 132 valence electrons. The molecule has 24 heavy (non-hydrogen) atoms. The number of amides is 2. The molecule has 2 rings (SSSR count). The van der Waals surface area contributed by atoms with Gasteiger partial charge in [-0.25, -0.2) is 4.79 Å². The maximum absolute atomic E-state index is 12.1. The van der Waals surface area contributed by atoms with Crippen molar-refractivity contribution in [3.63, 3.8) is 0 Å². The minimum Gasteiger partial charge on any atom is -0.445 e. The van der Waals surface area contributed by atoms with E-state index >= 15 is 0 Å². The SMILES string of the molecule is CC(N)C(=O)N(C)CC1CCN(C(=O)OCc2ccccc2)CC1. The molecule has 6 nitrogen and oxygen atoms in total. The summed E-state index contributed by atoms with van der Waals surface area (Å²) < 4.78 is 5.36. The van der Waals surface area contributed by atoms with E-state index in [9.17, 15) is 9.59 Å². The summed E-state index contributed by atoms with van der Waals surface area (Å²) in [6.07, 6.45) is 1.48. The van der Waals surface area contributed by atoms with E-state index in [0.29, 0.717) is 32.2 Å². The summed E-state index contributed by atoms with van der Waals surface area (Å²) in [5, 5.41) is 0. The molecule has 1 fully saturated rings. The zero-order valence-corrected chi connectivity index (χ0v) is 14.5. The molecule has 0 bridgehead atoms. The molecule has 0 aromatic heterocycles. The molecule has 1 aromatic rings. The van der Waals surface area contributed by atoms with Crippen LogP contribution in [0.4, 0.5) is 4.79 Å². The lowest BCUT2D eigenvalue weighted by atomic mass is 9.96. The Labute approximate surface area is 143 Å². The Hall–Kier alpha value is -2.08. The number of rotatable bonds is 5. The standard InChI is InChI=1S/C18H27N3O3/c1-14(19)17(22)20(2)12-15-8-10-21(11-9-15)18(23)24-13-16-6-4-3-5-7-16/h3-7,14-15H,8-13,19H2,1-2H3. The predicted molar refractivity (Wildman–Crippen MR) is 92.2 cm³/mol. The Morgan fingerprint density at radius 2 is 1.92 bits per heavy atom. The van der Waals surface area contributed by atoms with Gasteiger partial charge in [0.15, 0.2) is 0 Å². The average molecular weight is 333 g/mol. The molecule has 0 saturated carbocycles. The summed E-state index contributed by atoms with van der Waals surface area (Å²) in [6, 6.07) is 9.19. The van der Waals surface area contributed by atoms with Gasteiger partial charge in [0.05, 0.1) is 6.04 Å². The third-order valence-corrected chi connectivity index (χ3v) is 4.38. The lowest BCUT2D eigenvalue weighted by Gasteiger charge is -2.33. The fraction of sp³-hybridized carbons (Fsp3) is 0.556. The molecule has 1 aliphatic rings. The van der Waals surface area contributed by atoms with E-state index in [2.05, 4.69) is 0 Å². The molecule has 2 N–H and O–H groups in total. The highest BCUT2D eigenvalue weighted by molar-refractivity contribution is 5.80. The summed E-state index contributed by atoms with van der Waals surface area (Å²) in [4.78, 5) is 27.4. The molecule has 1 unspecified atom stereocenters. The number of benzene rings is 1. The number of carbonyl (C=O) groups excluding carboxylic acids is 2. The number of ether oxygens (including phenoxy) is 1. The van der Waals surface area contributed by atoms with Gasteiger partial charge in [-0.15, -0.1) is 0 Å². The Balaban J connectivity index is 1.72. The zero-order chi connectivity index (χ0) is 17.5. The van der Waals surface area contributed by atoms with E-state index < -0.39 is 6.04 Å². The number of hydrogen-bond donors (Lipinski definition) is 1. The number of likely N-dealkylation sites (tertiary alicyclic amines) is 1. The van der Waals surface area contributed by atoms with Crippen molar-refractivity contribution >= 4 is 12.0 Å². The Morgan fingerprint density at radius 1 is 1.29 bits per heavy atom. The van der Waals surface area contributed by atoms with E-state index in [1.165, 1.54) is 0 Å². The second-order valence-electron chi connectivity index (χ2n) is 6.48. The Morgan fingerprint density at radius 3 is 2.50 bits per heavy atom. The number of nitrogens with zero attached hydrogens (tertiary/aromatic N) is 2. The molecule has 1 heterocycles. The van der Waals surface area contributed by atoms with Crippen molar-refractivity contribution in [2.45, 2.75) is 32.4 Å². The van der Waals surface area contributed by atoms with Crippen molar-refractivity contribution in [2.75, 3.05) is 26.7 Å². The van der Waals surface area contributed by atoms with Crippen LogP contribution in [-0.4, -0.2) is 54.5 Å². The Bertz CT molecular complexity index is 540. The average Bonchev–Trinajstić information content (AvgIpc) is 2.60. The number of nitrogens with two attached hydrogens (primary N) is 1. The van der Waals surface area contributed by atoms with Gasteiger partial charge in [-0.05, 0) is 31.2 Å². The van der Waals surface area contributed by atoms with Gasteiger partial charge in [0, 0.05) is 26.7 Å². The molecule has 0 aliphatic carbocycles. The van der Waals surface area contributed by atoms with Gasteiger partial charge in [-0.3, -0.25) is 4.79 Å². The quantitative estimate of drug-likeness (QED) is 0.892. The zero-order valence-electron chi connectivity index (χ0n) is 14.5. The number of hydrogen-bond acceptors (Lipinski definition) is 4. The van der Waals surface area contributed by atoms with Crippen LogP contribution in [0, 0.1) is 5.92 Å². The van der Waals surface area contributed by atoms with Gasteiger partial charge < -0.3 is 20.3 Å². The molecule has 0 spiro atoms. The van der Waals surface area contributed by atoms with Crippen molar-refractivity contribution in [3.05, 3.63) is 35.9 Å². The second kappa shape index (κ2) is 8.68. The predicted octanol–water partition coefficient (Wildman–Crippen LogP) is 1.84. The van der Waals surface area contributed by atoms with Gasteiger partial charge in [0.2, 0.25) is 5.91 Å². The fourth-order valence-corrected chi connectivity index (χ4v) is 2.93. The highest BCUT2D eigenvalue weighted by Gasteiger charge is 2.26. The monoisotopic (exact) mass is 333 g/mol. The first-order valence-electron chi connectivity index (χ1n) is 8.43. The van der Waals surface area contributed by atoms with Crippen LogP contribution in [0.25, 0.3) is 0 Å². The van der Waals surface area contributed by atoms with Crippen molar-refractivity contribution < 1.29 is 14.3 Å². The van der Waals surface area contributed by atoms with Crippen LogP contribution in [0.15, 0.2) is 30.3 Å². The first kappa shape index (κ1) is 18.3. The summed E-state index contributed by atoms with van der Waals surface area (Å²) in [5.74, 6) is 0.357. The normalized spacial score (nSPS) is 16.5.